The fourth-order valence-corrected chi connectivity index (χ4v) is 1.78. The smallest absolute Gasteiger partial charge is 0.0848 e. The maximum atomic E-state index is 9.58. The average molecular weight is 169 g/mol. The first-order valence-electron chi connectivity index (χ1n) is 3.63. The van der Waals surface area contributed by atoms with Crippen LogP contribution in [0.15, 0.2) is 11.4 Å². The van der Waals surface area contributed by atoms with Gasteiger partial charge in [0.2, 0.25) is 0 Å². The summed E-state index contributed by atoms with van der Waals surface area (Å²) < 4.78 is 0. The monoisotopic (exact) mass is 169 g/mol. The minimum Gasteiger partial charge on any atom is -0.386 e. The van der Waals surface area contributed by atoms with Crippen molar-refractivity contribution in [2.45, 2.75) is 25.9 Å². The highest BCUT2D eigenvalue weighted by molar-refractivity contribution is 7.10. The van der Waals surface area contributed by atoms with Crippen molar-refractivity contribution in [3.63, 3.8) is 0 Å². The Labute approximate surface area is 71.7 Å². The second kappa shape index (κ2) is 2.95. The van der Waals surface area contributed by atoms with Crippen LogP contribution in [0.5, 0.6) is 0 Å². The predicted octanol–water partition coefficient (Wildman–Crippen LogP) is 2.35. The van der Waals surface area contributed by atoms with Crippen molar-refractivity contribution < 1.29 is 5.11 Å². The summed E-state index contributed by atoms with van der Waals surface area (Å²) in [6.07, 6.45) is 0.806. The van der Waals surface area contributed by atoms with Gasteiger partial charge in [-0.1, -0.05) is 0 Å². The number of thiophene rings is 1. The molecule has 1 radical (unpaired) electrons. The van der Waals surface area contributed by atoms with Crippen LogP contribution in [-0.4, -0.2) is 5.11 Å². The molecule has 0 aliphatic carbocycles. The second-order valence-corrected chi connectivity index (χ2v) is 4.11. The van der Waals surface area contributed by atoms with Crippen LogP contribution in [-0.2, 0) is 12.0 Å². The average Bonchev–Trinajstić information content (AvgIpc) is 2.32. The van der Waals surface area contributed by atoms with Crippen molar-refractivity contribution in [2.75, 3.05) is 0 Å². The van der Waals surface area contributed by atoms with E-state index >= 15 is 0 Å². The van der Waals surface area contributed by atoms with Crippen LogP contribution < -0.4 is 0 Å². The quantitative estimate of drug-likeness (QED) is 0.720. The largest absolute Gasteiger partial charge is 0.386 e. The lowest BCUT2D eigenvalue weighted by atomic mass is 10.0. The van der Waals surface area contributed by atoms with Gasteiger partial charge < -0.3 is 5.11 Å². The zero-order valence-electron chi connectivity index (χ0n) is 6.92. The Morgan fingerprint density at radius 2 is 2.27 bits per heavy atom. The van der Waals surface area contributed by atoms with Crippen LogP contribution in [0, 0.1) is 6.92 Å². The van der Waals surface area contributed by atoms with Crippen LogP contribution in [0.1, 0.15) is 24.3 Å². The van der Waals surface area contributed by atoms with Crippen molar-refractivity contribution in [1.82, 2.24) is 0 Å². The van der Waals surface area contributed by atoms with Gasteiger partial charge in [-0.05, 0) is 44.2 Å². The molecule has 0 saturated carbocycles. The Balaban J connectivity index is 2.89. The number of hydrogen-bond donors (Lipinski definition) is 1. The molecule has 1 N–H and O–H groups in total. The van der Waals surface area contributed by atoms with Crippen molar-refractivity contribution in [3.05, 3.63) is 28.8 Å². The summed E-state index contributed by atoms with van der Waals surface area (Å²) in [6.45, 7) is 7.37. The molecule has 11 heavy (non-hydrogen) atoms. The minimum atomic E-state index is -0.704. The summed E-state index contributed by atoms with van der Waals surface area (Å²) in [6, 6.07) is 2.01. The molecule has 61 valence electrons. The molecule has 0 aliphatic heterocycles. The first-order chi connectivity index (χ1) is 5.04. The molecule has 1 nitrogen and oxygen atoms in total. The summed E-state index contributed by atoms with van der Waals surface area (Å²) in [7, 11) is 0. The highest BCUT2D eigenvalue weighted by Gasteiger charge is 2.16. The van der Waals surface area contributed by atoms with E-state index in [1.165, 1.54) is 4.88 Å². The molecule has 0 atom stereocenters. The number of rotatable bonds is 2. The lowest BCUT2D eigenvalue weighted by Gasteiger charge is -2.14. The van der Waals surface area contributed by atoms with Crippen molar-refractivity contribution >= 4 is 11.3 Å². The lowest BCUT2D eigenvalue weighted by molar-refractivity contribution is 0.0790. The highest BCUT2D eigenvalue weighted by atomic mass is 32.1. The maximum Gasteiger partial charge on any atom is 0.0848 e. The SMILES string of the molecule is [CH2]Cc1cc(C(C)(C)O)cs1. The third-order valence-electron chi connectivity index (χ3n) is 1.61. The van der Waals surface area contributed by atoms with Gasteiger partial charge in [-0.2, -0.15) is 0 Å². The molecule has 1 heterocycles. The first-order valence-corrected chi connectivity index (χ1v) is 4.51. The Bertz CT molecular complexity index is 232. The van der Waals surface area contributed by atoms with Gasteiger partial charge in [-0.15, -0.1) is 11.3 Å². The van der Waals surface area contributed by atoms with Crippen molar-refractivity contribution in [2.24, 2.45) is 0 Å². The Hall–Kier alpha value is -0.340. The summed E-state index contributed by atoms with van der Waals surface area (Å²) in [5.41, 5.74) is 0.283. The molecule has 1 aromatic rings. The van der Waals surface area contributed by atoms with E-state index in [0.29, 0.717) is 0 Å². The molecule has 2 heteroatoms. The summed E-state index contributed by atoms with van der Waals surface area (Å²) in [5.74, 6) is 0. The van der Waals surface area contributed by atoms with E-state index in [-0.39, 0.29) is 0 Å². The van der Waals surface area contributed by atoms with Crippen molar-refractivity contribution in [3.8, 4) is 0 Å². The number of hydrogen-bond acceptors (Lipinski definition) is 2. The van der Waals surface area contributed by atoms with E-state index < -0.39 is 5.60 Å². The second-order valence-electron chi connectivity index (χ2n) is 3.11. The first kappa shape index (κ1) is 8.75. The zero-order valence-corrected chi connectivity index (χ0v) is 7.74. The van der Waals surface area contributed by atoms with E-state index in [1.807, 2.05) is 11.4 Å². The molecule has 0 spiro atoms. The van der Waals surface area contributed by atoms with Gasteiger partial charge in [0.05, 0.1) is 5.60 Å². The Morgan fingerprint density at radius 1 is 1.64 bits per heavy atom. The van der Waals surface area contributed by atoms with E-state index in [1.54, 1.807) is 25.2 Å². The molecule has 0 amide bonds. The van der Waals surface area contributed by atoms with Crippen LogP contribution in [0.25, 0.3) is 0 Å². The van der Waals surface area contributed by atoms with Gasteiger partial charge in [-0.25, -0.2) is 0 Å². The van der Waals surface area contributed by atoms with Crippen LogP contribution >= 0.6 is 11.3 Å². The normalized spacial score (nSPS) is 12.0. The van der Waals surface area contributed by atoms with Crippen LogP contribution in [0.3, 0.4) is 0 Å². The van der Waals surface area contributed by atoms with Gasteiger partial charge in [0.25, 0.3) is 0 Å². The zero-order chi connectivity index (χ0) is 8.48. The summed E-state index contributed by atoms with van der Waals surface area (Å²) in [5, 5.41) is 11.6. The molecule has 0 bridgehead atoms. The van der Waals surface area contributed by atoms with Crippen molar-refractivity contribution in [1.29, 1.82) is 0 Å². The predicted molar refractivity (Wildman–Crippen MR) is 48.6 cm³/mol. The van der Waals surface area contributed by atoms with Crippen LogP contribution in [0.2, 0.25) is 0 Å². The maximum absolute atomic E-state index is 9.58. The van der Waals surface area contributed by atoms with Gasteiger partial charge in [0.15, 0.2) is 0 Å². The molecule has 0 unspecified atom stereocenters. The third-order valence-corrected chi connectivity index (χ3v) is 2.60. The summed E-state index contributed by atoms with van der Waals surface area (Å²) >= 11 is 1.65. The van der Waals surface area contributed by atoms with E-state index in [0.717, 1.165) is 12.0 Å². The molecule has 0 aromatic carbocycles. The molecular weight excluding hydrogens is 156 g/mol. The Morgan fingerprint density at radius 3 is 2.55 bits per heavy atom. The van der Waals surface area contributed by atoms with Gasteiger partial charge in [-0.3, -0.25) is 0 Å². The number of aliphatic hydroxyl groups is 1. The Kier molecular flexibility index (Phi) is 2.35. The van der Waals surface area contributed by atoms with Gasteiger partial charge in [0, 0.05) is 4.88 Å². The fourth-order valence-electron chi connectivity index (χ4n) is 0.833. The van der Waals surface area contributed by atoms with Gasteiger partial charge in [0.1, 0.15) is 0 Å². The third kappa shape index (κ3) is 2.04. The standard InChI is InChI=1S/C9H13OS/c1-4-8-5-7(6-11-8)9(2,3)10/h5-6,10H,1,4H2,2-3H3. The molecular formula is C9H13OS. The lowest BCUT2D eigenvalue weighted by Crippen LogP contribution is -2.13. The topological polar surface area (TPSA) is 20.2 Å². The molecule has 1 aromatic heterocycles. The fraction of sp³-hybridized carbons (Fsp3) is 0.444. The molecule has 0 fully saturated rings. The molecule has 0 saturated heterocycles. The molecule has 1 rings (SSSR count). The summed E-state index contributed by atoms with van der Waals surface area (Å²) in [4.78, 5) is 1.22. The van der Waals surface area contributed by atoms with E-state index in [4.69, 9.17) is 0 Å². The minimum absolute atomic E-state index is 0.704. The van der Waals surface area contributed by atoms with E-state index in [2.05, 4.69) is 6.92 Å². The van der Waals surface area contributed by atoms with Gasteiger partial charge >= 0.3 is 0 Å². The molecule has 0 aliphatic rings. The van der Waals surface area contributed by atoms with E-state index in [9.17, 15) is 5.11 Å². The highest BCUT2D eigenvalue weighted by Crippen LogP contribution is 2.25. The van der Waals surface area contributed by atoms with Crippen LogP contribution in [0.4, 0.5) is 0 Å².